The van der Waals surface area contributed by atoms with Crippen LogP contribution in [0.25, 0.3) is 76.0 Å². The molecule has 0 saturated heterocycles. The van der Waals surface area contributed by atoms with E-state index < -0.39 is 0 Å². The van der Waals surface area contributed by atoms with Gasteiger partial charge in [-0.1, -0.05) is 146 Å². The number of rotatable bonds is 6. The lowest BCUT2D eigenvalue weighted by Gasteiger charge is -2.27. The standard InChI is InChI=1S/C52H35NOS/c1-3-13-36(14-4-1)42-19-11-20-45-44-29-28-41(33-48(44)54-51(42)45)53(40-26-24-35(25-27-40)39-23-22-34-12-7-8-17-38(34)32-39)47-31-30-43(37-15-5-2-6-16-37)52-50(47)46-18-9-10-21-49(46)55-52/h1-21,24-33H,22-23H2. The van der Waals surface area contributed by atoms with Crippen LogP contribution in [0.5, 0.6) is 0 Å². The molecule has 0 unspecified atom stereocenters. The maximum Gasteiger partial charge on any atom is 0.143 e. The van der Waals surface area contributed by atoms with Crippen molar-refractivity contribution in [1.82, 2.24) is 0 Å². The lowest BCUT2D eigenvalue weighted by atomic mass is 9.89. The van der Waals surface area contributed by atoms with Crippen molar-refractivity contribution in [3.63, 3.8) is 0 Å². The van der Waals surface area contributed by atoms with Gasteiger partial charge in [-0.05, 0) is 88.2 Å². The van der Waals surface area contributed by atoms with E-state index in [2.05, 4.69) is 193 Å². The number of aryl methyl sites for hydroxylation is 1. The number of hydrogen-bond donors (Lipinski definition) is 0. The highest BCUT2D eigenvalue weighted by Crippen LogP contribution is 2.49. The van der Waals surface area contributed by atoms with Gasteiger partial charge in [-0.15, -0.1) is 11.3 Å². The Morgan fingerprint density at radius 1 is 0.491 bits per heavy atom. The Labute approximate surface area is 323 Å². The molecule has 0 fully saturated rings. The van der Waals surface area contributed by atoms with Crippen LogP contribution in [0.4, 0.5) is 17.1 Å². The number of fused-ring (bicyclic) bond motifs is 7. The maximum absolute atomic E-state index is 6.82. The number of allylic oxidation sites excluding steroid dienone is 1. The van der Waals surface area contributed by atoms with Crippen molar-refractivity contribution in [2.75, 3.05) is 4.90 Å². The van der Waals surface area contributed by atoms with Gasteiger partial charge in [-0.3, -0.25) is 0 Å². The fraction of sp³-hybridized carbons (Fsp3) is 0.0385. The van der Waals surface area contributed by atoms with Crippen molar-refractivity contribution in [2.45, 2.75) is 12.8 Å². The van der Waals surface area contributed by atoms with E-state index in [-0.39, 0.29) is 0 Å². The molecule has 0 radical (unpaired) electrons. The monoisotopic (exact) mass is 721 g/mol. The maximum atomic E-state index is 6.82. The van der Waals surface area contributed by atoms with Gasteiger partial charge in [0.05, 0.1) is 5.69 Å². The van der Waals surface area contributed by atoms with Crippen LogP contribution in [0.2, 0.25) is 0 Å². The topological polar surface area (TPSA) is 16.4 Å². The summed E-state index contributed by atoms with van der Waals surface area (Å²) in [5, 5.41) is 4.76. The van der Waals surface area contributed by atoms with Gasteiger partial charge in [-0.2, -0.15) is 0 Å². The second kappa shape index (κ2) is 13.0. The molecular formula is C52H35NOS. The number of benzene rings is 8. The molecular weight excluding hydrogens is 687 g/mol. The molecule has 0 spiro atoms. The second-order valence-corrected chi connectivity index (χ2v) is 15.4. The summed E-state index contributed by atoms with van der Waals surface area (Å²) >= 11 is 1.87. The second-order valence-electron chi connectivity index (χ2n) is 14.4. The minimum atomic E-state index is 0.871. The molecule has 8 aromatic carbocycles. The molecule has 3 heteroatoms. The highest BCUT2D eigenvalue weighted by Gasteiger charge is 2.23. The zero-order chi connectivity index (χ0) is 36.3. The number of nitrogens with zero attached hydrogens (tertiary/aromatic N) is 1. The van der Waals surface area contributed by atoms with Gasteiger partial charge in [0, 0.05) is 53.9 Å². The molecule has 1 aliphatic carbocycles. The van der Waals surface area contributed by atoms with E-state index in [1.54, 1.807) is 0 Å². The number of anilines is 3. The van der Waals surface area contributed by atoms with Crippen LogP contribution in [0, 0.1) is 0 Å². The molecule has 2 aromatic heterocycles. The SMILES string of the molecule is C1=C(c2ccc(N(c3ccc4c(c3)oc3c(-c5ccccc5)cccc34)c3ccc(-c4ccccc4)c4sc5ccccc5c34)cc2)CCc2ccccc21. The molecule has 0 amide bonds. The molecule has 0 saturated carbocycles. The summed E-state index contributed by atoms with van der Waals surface area (Å²) < 4.78 is 9.38. The third-order valence-corrected chi connectivity index (χ3v) is 12.4. The zero-order valence-electron chi connectivity index (χ0n) is 30.1. The zero-order valence-corrected chi connectivity index (χ0v) is 30.9. The number of furan rings is 1. The molecule has 0 N–H and O–H groups in total. The number of hydrogen-bond acceptors (Lipinski definition) is 3. The third kappa shape index (κ3) is 5.39. The summed E-state index contributed by atoms with van der Waals surface area (Å²) in [6, 6.07) is 65.9. The first-order valence-electron chi connectivity index (χ1n) is 19.0. The van der Waals surface area contributed by atoms with Gasteiger partial charge in [-0.25, -0.2) is 0 Å². The molecule has 2 nitrogen and oxygen atoms in total. The first kappa shape index (κ1) is 31.8. The normalized spacial score (nSPS) is 12.7. The highest BCUT2D eigenvalue weighted by atomic mass is 32.1. The van der Waals surface area contributed by atoms with Gasteiger partial charge in [0.15, 0.2) is 0 Å². The third-order valence-electron chi connectivity index (χ3n) is 11.2. The molecule has 0 aliphatic heterocycles. The predicted molar refractivity (Wildman–Crippen MR) is 235 cm³/mol. The van der Waals surface area contributed by atoms with Crippen molar-refractivity contribution >= 4 is 82.2 Å². The van der Waals surface area contributed by atoms with Crippen LogP contribution in [0.3, 0.4) is 0 Å². The molecule has 55 heavy (non-hydrogen) atoms. The van der Waals surface area contributed by atoms with E-state index >= 15 is 0 Å². The Morgan fingerprint density at radius 3 is 2.04 bits per heavy atom. The Hall–Kier alpha value is -6.68. The Bertz CT molecular complexity index is 3080. The van der Waals surface area contributed by atoms with E-state index in [0.717, 1.165) is 63.0 Å². The van der Waals surface area contributed by atoms with Crippen molar-refractivity contribution in [3.05, 3.63) is 199 Å². The van der Waals surface area contributed by atoms with Crippen molar-refractivity contribution < 1.29 is 4.42 Å². The summed E-state index contributed by atoms with van der Waals surface area (Å²) in [7, 11) is 0. The Kier molecular flexibility index (Phi) is 7.53. The molecule has 0 atom stereocenters. The smallest absolute Gasteiger partial charge is 0.143 e. The molecule has 260 valence electrons. The van der Waals surface area contributed by atoms with Crippen molar-refractivity contribution in [3.8, 4) is 22.3 Å². The molecule has 11 rings (SSSR count). The average molecular weight is 722 g/mol. The summed E-state index contributed by atoms with van der Waals surface area (Å²) in [5.41, 5.74) is 15.2. The lowest BCUT2D eigenvalue weighted by molar-refractivity contribution is 0.670. The van der Waals surface area contributed by atoms with Crippen LogP contribution in [-0.4, -0.2) is 0 Å². The molecule has 1 aliphatic rings. The first-order chi connectivity index (χ1) is 27.3. The minimum Gasteiger partial charge on any atom is -0.455 e. The van der Waals surface area contributed by atoms with Crippen LogP contribution in [0.15, 0.2) is 186 Å². The predicted octanol–water partition coefficient (Wildman–Crippen LogP) is 15.2. The fourth-order valence-electron chi connectivity index (χ4n) is 8.52. The van der Waals surface area contributed by atoms with E-state index in [1.807, 2.05) is 11.3 Å². The first-order valence-corrected chi connectivity index (χ1v) is 19.8. The van der Waals surface area contributed by atoms with Crippen LogP contribution in [0.1, 0.15) is 23.1 Å². The van der Waals surface area contributed by atoms with Crippen LogP contribution >= 0.6 is 11.3 Å². The molecule has 2 heterocycles. The van der Waals surface area contributed by atoms with Gasteiger partial charge >= 0.3 is 0 Å². The lowest BCUT2D eigenvalue weighted by Crippen LogP contribution is -2.10. The summed E-state index contributed by atoms with van der Waals surface area (Å²) in [6.07, 6.45) is 4.47. The van der Waals surface area contributed by atoms with E-state index in [9.17, 15) is 0 Å². The summed E-state index contributed by atoms with van der Waals surface area (Å²) in [5.74, 6) is 0. The van der Waals surface area contributed by atoms with E-state index in [0.29, 0.717) is 0 Å². The van der Waals surface area contributed by atoms with Gasteiger partial charge < -0.3 is 9.32 Å². The molecule has 0 bridgehead atoms. The molecule has 10 aromatic rings. The Balaban J connectivity index is 1.12. The summed E-state index contributed by atoms with van der Waals surface area (Å²) in [6.45, 7) is 0. The Morgan fingerprint density at radius 2 is 1.20 bits per heavy atom. The summed E-state index contributed by atoms with van der Waals surface area (Å²) in [4.78, 5) is 2.43. The van der Waals surface area contributed by atoms with Crippen LogP contribution < -0.4 is 4.90 Å². The fourth-order valence-corrected chi connectivity index (χ4v) is 9.78. The highest BCUT2D eigenvalue weighted by molar-refractivity contribution is 7.26. The van der Waals surface area contributed by atoms with Crippen LogP contribution in [-0.2, 0) is 6.42 Å². The van der Waals surface area contributed by atoms with E-state index in [1.165, 1.54) is 53.6 Å². The van der Waals surface area contributed by atoms with Crippen molar-refractivity contribution in [1.29, 1.82) is 0 Å². The average Bonchev–Trinajstić information content (AvgIpc) is 3.83. The minimum absolute atomic E-state index is 0.871. The quantitative estimate of drug-likeness (QED) is 0.170. The van der Waals surface area contributed by atoms with Gasteiger partial charge in [0.2, 0.25) is 0 Å². The number of para-hydroxylation sites is 1. The van der Waals surface area contributed by atoms with Gasteiger partial charge in [0.25, 0.3) is 0 Å². The largest absolute Gasteiger partial charge is 0.455 e. The van der Waals surface area contributed by atoms with Gasteiger partial charge in [0.1, 0.15) is 11.2 Å². The van der Waals surface area contributed by atoms with E-state index in [4.69, 9.17) is 4.42 Å². The number of thiophene rings is 1. The van der Waals surface area contributed by atoms with Crippen molar-refractivity contribution in [2.24, 2.45) is 0 Å².